The van der Waals surface area contributed by atoms with Crippen LogP contribution in [-0.2, 0) is 10.0 Å². The molecule has 6 heteroatoms. The van der Waals surface area contributed by atoms with E-state index in [1.165, 1.54) is 13.0 Å². The fraction of sp³-hybridized carbons (Fsp3) is 0.0833. The molecule has 0 amide bonds. The predicted molar refractivity (Wildman–Crippen MR) is 122 cm³/mol. The van der Waals surface area contributed by atoms with Gasteiger partial charge in [0.1, 0.15) is 11.5 Å². The highest BCUT2D eigenvalue weighted by Crippen LogP contribution is 2.46. The van der Waals surface area contributed by atoms with Gasteiger partial charge in [-0.1, -0.05) is 60.7 Å². The highest BCUT2D eigenvalue weighted by molar-refractivity contribution is 7.96. The SMILES string of the molecule is C/C=C(/C)S(=O)(=O)Nc1cc(-c2c(O)ccc3ccccc23)c(O)c2ccccc12. The molecule has 0 aliphatic carbocycles. The molecule has 152 valence electrons. The van der Waals surface area contributed by atoms with Gasteiger partial charge in [-0.2, -0.15) is 0 Å². The minimum Gasteiger partial charge on any atom is -0.507 e. The first kappa shape index (κ1) is 19.8. The number of nitrogens with one attached hydrogen (secondary N) is 1. The van der Waals surface area contributed by atoms with Gasteiger partial charge in [0.2, 0.25) is 0 Å². The van der Waals surface area contributed by atoms with Gasteiger partial charge in [-0.15, -0.1) is 0 Å². The standard InChI is InChI=1S/C24H21NO4S/c1-3-15(2)30(28,29)25-21-14-20(24(27)19-11-7-6-10-18(19)21)23-17-9-5-4-8-16(17)12-13-22(23)26/h3-14,25-27H,1-2H3/b15-3-. The Morgan fingerprint density at radius 1 is 0.900 bits per heavy atom. The number of rotatable bonds is 4. The number of allylic oxidation sites excluding steroid dienone is 2. The van der Waals surface area contributed by atoms with Crippen LogP contribution in [0.15, 0.2) is 77.7 Å². The van der Waals surface area contributed by atoms with Crippen molar-refractivity contribution in [2.45, 2.75) is 13.8 Å². The van der Waals surface area contributed by atoms with E-state index in [1.807, 2.05) is 24.3 Å². The molecule has 0 fully saturated rings. The molecule has 4 aromatic rings. The number of hydrogen-bond acceptors (Lipinski definition) is 4. The van der Waals surface area contributed by atoms with Gasteiger partial charge >= 0.3 is 0 Å². The summed E-state index contributed by atoms with van der Waals surface area (Å²) in [5.74, 6) is -0.0271. The van der Waals surface area contributed by atoms with Crippen LogP contribution < -0.4 is 4.72 Å². The van der Waals surface area contributed by atoms with Crippen LogP contribution in [0.5, 0.6) is 11.5 Å². The Balaban J connectivity index is 2.07. The first-order chi connectivity index (χ1) is 14.3. The second kappa shape index (κ2) is 7.39. The molecular weight excluding hydrogens is 398 g/mol. The third-order valence-electron chi connectivity index (χ3n) is 5.27. The molecule has 0 unspecified atom stereocenters. The van der Waals surface area contributed by atoms with Crippen molar-refractivity contribution >= 4 is 37.3 Å². The summed E-state index contributed by atoms with van der Waals surface area (Å²) in [5.41, 5.74) is 1.12. The van der Waals surface area contributed by atoms with Crippen LogP contribution in [0.1, 0.15) is 13.8 Å². The Hall–Kier alpha value is -3.51. The van der Waals surface area contributed by atoms with Crippen molar-refractivity contribution in [1.29, 1.82) is 0 Å². The number of fused-ring (bicyclic) bond motifs is 2. The molecule has 4 aromatic carbocycles. The van der Waals surface area contributed by atoms with Gasteiger partial charge in [0.05, 0.1) is 10.6 Å². The number of aromatic hydroxyl groups is 2. The molecule has 0 radical (unpaired) electrons. The molecule has 30 heavy (non-hydrogen) atoms. The molecular formula is C24H21NO4S. The van der Waals surface area contributed by atoms with Crippen LogP contribution >= 0.6 is 0 Å². The zero-order chi connectivity index (χ0) is 21.5. The van der Waals surface area contributed by atoms with Crippen LogP contribution in [0.2, 0.25) is 0 Å². The number of sulfonamides is 1. The van der Waals surface area contributed by atoms with Crippen molar-refractivity contribution < 1.29 is 18.6 Å². The summed E-state index contributed by atoms with van der Waals surface area (Å²) >= 11 is 0. The average Bonchev–Trinajstić information content (AvgIpc) is 2.75. The third-order valence-corrected chi connectivity index (χ3v) is 6.84. The topological polar surface area (TPSA) is 86.6 Å². The maximum atomic E-state index is 12.7. The highest BCUT2D eigenvalue weighted by atomic mass is 32.2. The van der Waals surface area contributed by atoms with Gasteiger partial charge in [0, 0.05) is 21.9 Å². The summed E-state index contributed by atoms with van der Waals surface area (Å²) in [5, 5.41) is 24.4. The molecule has 0 saturated heterocycles. The molecule has 0 aliphatic heterocycles. The summed E-state index contributed by atoms with van der Waals surface area (Å²) < 4.78 is 28.0. The zero-order valence-corrected chi connectivity index (χ0v) is 17.4. The van der Waals surface area contributed by atoms with E-state index in [4.69, 9.17) is 0 Å². The van der Waals surface area contributed by atoms with E-state index in [0.717, 1.165) is 10.8 Å². The van der Waals surface area contributed by atoms with Crippen molar-refractivity contribution in [3.8, 4) is 22.6 Å². The van der Waals surface area contributed by atoms with E-state index in [-0.39, 0.29) is 16.4 Å². The Bertz CT molecular complexity index is 1420. The molecule has 0 saturated carbocycles. The molecule has 4 rings (SSSR count). The van der Waals surface area contributed by atoms with Gasteiger partial charge in [-0.05, 0) is 36.8 Å². The van der Waals surface area contributed by atoms with Crippen molar-refractivity contribution in [2.24, 2.45) is 0 Å². The second-order valence-corrected chi connectivity index (χ2v) is 8.91. The monoisotopic (exact) mass is 419 g/mol. The smallest absolute Gasteiger partial charge is 0.257 e. The first-order valence-electron chi connectivity index (χ1n) is 9.45. The Morgan fingerprint density at radius 2 is 1.53 bits per heavy atom. The maximum Gasteiger partial charge on any atom is 0.257 e. The van der Waals surface area contributed by atoms with Crippen molar-refractivity contribution in [3.05, 3.63) is 77.7 Å². The normalized spacial score (nSPS) is 12.4. The van der Waals surface area contributed by atoms with Crippen LogP contribution in [0, 0.1) is 0 Å². The zero-order valence-electron chi connectivity index (χ0n) is 16.5. The van der Waals surface area contributed by atoms with E-state index in [2.05, 4.69) is 4.72 Å². The summed E-state index contributed by atoms with van der Waals surface area (Å²) in [7, 11) is -3.75. The number of hydrogen-bond donors (Lipinski definition) is 3. The number of anilines is 1. The van der Waals surface area contributed by atoms with Crippen molar-refractivity contribution in [2.75, 3.05) is 4.72 Å². The molecule has 0 spiro atoms. The lowest BCUT2D eigenvalue weighted by atomic mass is 9.93. The number of phenols is 2. The minimum atomic E-state index is -3.75. The maximum absolute atomic E-state index is 12.7. The fourth-order valence-corrected chi connectivity index (χ4v) is 4.49. The average molecular weight is 420 g/mol. The quantitative estimate of drug-likeness (QED) is 0.368. The van der Waals surface area contributed by atoms with Crippen LogP contribution in [0.4, 0.5) is 5.69 Å². The molecule has 0 aliphatic rings. The summed E-state index contributed by atoms with van der Waals surface area (Å²) in [6.07, 6.45) is 1.52. The van der Waals surface area contributed by atoms with Crippen molar-refractivity contribution in [3.63, 3.8) is 0 Å². The third kappa shape index (κ3) is 3.25. The summed E-state index contributed by atoms with van der Waals surface area (Å²) in [6.45, 7) is 3.17. The molecule has 5 nitrogen and oxygen atoms in total. The van der Waals surface area contributed by atoms with Gasteiger partial charge in [-0.25, -0.2) is 8.42 Å². The Labute approximate surface area is 175 Å². The first-order valence-corrected chi connectivity index (χ1v) is 10.9. The molecule has 3 N–H and O–H groups in total. The molecule has 0 heterocycles. The highest BCUT2D eigenvalue weighted by Gasteiger charge is 2.20. The fourth-order valence-electron chi connectivity index (χ4n) is 3.56. The molecule has 0 bridgehead atoms. The number of phenolic OH excluding ortho intramolecular Hbond substituents is 2. The lowest BCUT2D eigenvalue weighted by molar-refractivity contribution is 0.472. The van der Waals surface area contributed by atoms with Gasteiger partial charge in [-0.3, -0.25) is 4.72 Å². The van der Waals surface area contributed by atoms with Crippen LogP contribution in [0.25, 0.3) is 32.7 Å². The Morgan fingerprint density at radius 3 is 2.23 bits per heavy atom. The summed E-state index contributed by atoms with van der Waals surface area (Å²) in [6, 6.07) is 19.4. The van der Waals surface area contributed by atoms with E-state index in [0.29, 0.717) is 27.6 Å². The van der Waals surface area contributed by atoms with Gasteiger partial charge < -0.3 is 10.2 Å². The van der Waals surface area contributed by atoms with Gasteiger partial charge in [0.15, 0.2) is 0 Å². The lowest BCUT2D eigenvalue weighted by Crippen LogP contribution is -2.13. The number of benzene rings is 4. The molecule has 0 atom stereocenters. The van der Waals surface area contributed by atoms with E-state index in [9.17, 15) is 18.6 Å². The van der Waals surface area contributed by atoms with Gasteiger partial charge in [0.25, 0.3) is 10.0 Å². The second-order valence-electron chi connectivity index (χ2n) is 7.05. The molecule has 0 aromatic heterocycles. The van der Waals surface area contributed by atoms with E-state index < -0.39 is 10.0 Å². The lowest BCUT2D eigenvalue weighted by Gasteiger charge is -2.17. The summed E-state index contributed by atoms with van der Waals surface area (Å²) in [4.78, 5) is 0.189. The van der Waals surface area contributed by atoms with Crippen molar-refractivity contribution in [1.82, 2.24) is 0 Å². The van der Waals surface area contributed by atoms with Crippen LogP contribution in [-0.4, -0.2) is 18.6 Å². The predicted octanol–water partition coefficient (Wildman–Crippen LogP) is 5.74. The van der Waals surface area contributed by atoms with E-state index >= 15 is 0 Å². The minimum absolute atomic E-state index is 0.00211. The van der Waals surface area contributed by atoms with E-state index in [1.54, 1.807) is 49.4 Å². The largest absolute Gasteiger partial charge is 0.507 e. The Kier molecular flexibility index (Phi) is 4.87. The van der Waals surface area contributed by atoms with Crippen LogP contribution in [0.3, 0.4) is 0 Å².